The molecule has 0 aromatic heterocycles. The van der Waals surface area contributed by atoms with E-state index in [2.05, 4.69) is 0 Å². The maximum Gasteiger partial charge on any atom is 0.339 e. The van der Waals surface area contributed by atoms with Crippen LogP contribution in [0.2, 0.25) is 0 Å². The van der Waals surface area contributed by atoms with Gasteiger partial charge in [0.05, 0.1) is 0 Å². The second kappa shape index (κ2) is 5.96. The second-order valence-corrected chi connectivity index (χ2v) is 3.88. The predicted octanol–water partition coefficient (Wildman–Crippen LogP) is 0.265. The standard InChI is InChI=1S/C12H13NO6/c1-6(14)19-10-3-2-7(4-8(10)11(15)16)5-9(13)12(17)18/h2-4,9H,5,13H2,1H3,(H,15,16)(H,17,18)/t9-/m0/s1. The van der Waals surface area contributed by atoms with Gasteiger partial charge in [-0.2, -0.15) is 0 Å². The van der Waals surface area contributed by atoms with Crippen LogP contribution in [0.1, 0.15) is 22.8 Å². The molecule has 0 fully saturated rings. The minimum absolute atomic E-state index is 0.0179. The van der Waals surface area contributed by atoms with Gasteiger partial charge in [-0.25, -0.2) is 4.79 Å². The summed E-state index contributed by atoms with van der Waals surface area (Å²) in [4.78, 5) is 32.5. The summed E-state index contributed by atoms with van der Waals surface area (Å²) in [6.07, 6.45) is -0.0179. The van der Waals surface area contributed by atoms with Crippen LogP contribution in [-0.4, -0.2) is 34.2 Å². The average Bonchev–Trinajstić information content (AvgIpc) is 2.29. The van der Waals surface area contributed by atoms with E-state index in [4.69, 9.17) is 20.7 Å². The molecule has 19 heavy (non-hydrogen) atoms. The van der Waals surface area contributed by atoms with Crippen molar-refractivity contribution in [3.63, 3.8) is 0 Å². The van der Waals surface area contributed by atoms with Crippen LogP contribution in [0.25, 0.3) is 0 Å². The first-order valence-corrected chi connectivity index (χ1v) is 5.34. The Labute approximate surface area is 108 Å². The van der Waals surface area contributed by atoms with Crippen molar-refractivity contribution < 1.29 is 29.3 Å². The lowest BCUT2D eigenvalue weighted by molar-refractivity contribution is -0.138. The van der Waals surface area contributed by atoms with Gasteiger partial charge in [-0.15, -0.1) is 0 Å². The van der Waals surface area contributed by atoms with E-state index in [0.717, 1.165) is 6.92 Å². The van der Waals surface area contributed by atoms with E-state index in [9.17, 15) is 14.4 Å². The van der Waals surface area contributed by atoms with E-state index in [1.807, 2.05) is 0 Å². The predicted molar refractivity (Wildman–Crippen MR) is 64.0 cm³/mol. The van der Waals surface area contributed by atoms with Gasteiger partial charge >= 0.3 is 17.9 Å². The van der Waals surface area contributed by atoms with Gasteiger partial charge < -0.3 is 20.7 Å². The van der Waals surface area contributed by atoms with Crippen molar-refractivity contribution in [1.82, 2.24) is 0 Å². The topological polar surface area (TPSA) is 127 Å². The smallest absolute Gasteiger partial charge is 0.339 e. The molecule has 7 heteroatoms. The Morgan fingerprint density at radius 2 is 1.95 bits per heavy atom. The Balaban J connectivity index is 3.05. The lowest BCUT2D eigenvalue weighted by Gasteiger charge is -2.10. The Hall–Kier alpha value is -2.41. The van der Waals surface area contributed by atoms with Gasteiger partial charge in [-0.05, 0) is 24.1 Å². The van der Waals surface area contributed by atoms with Gasteiger partial charge in [0.25, 0.3) is 0 Å². The summed E-state index contributed by atoms with van der Waals surface area (Å²) in [7, 11) is 0. The fourth-order valence-electron chi connectivity index (χ4n) is 1.46. The number of aliphatic carboxylic acids is 1. The second-order valence-electron chi connectivity index (χ2n) is 3.88. The highest BCUT2D eigenvalue weighted by Crippen LogP contribution is 2.21. The maximum atomic E-state index is 11.0. The van der Waals surface area contributed by atoms with Crippen molar-refractivity contribution >= 4 is 17.9 Å². The number of carboxylic acid groups (broad SMARTS) is 2. The van der Waals surface area contributed by atoms with E-state index < -0.39 is 23.9 Å². The van der Waals surface area contributed by atoms with Crippen molar-refractivity contribution in [3.8, 4) is 5.75 Å². The van der Waals surface area contributed by atoms with E-state index in [1.165, 1.54) is 18.2 Å². The molecule has 1 rings (SSSR count). The molecule has 0 amide bonds. The van der Waals surface area contributed by atoms with Gasteiger partial charge in [0.15, 0.2) is 0 Å². The summed E-state index contributed by atoms with van der Waals surface area (Å²) in [5, 5.41) is 17.7. The number of carbonyl (C=O) groups excluding carboxylic acids is 1. The van der Waals surface area contributed by atoms with Crippen LogP contribution in [-0.2, 0) is 16.0 Å². The van der Waals surface area contributed by atoms with Crippen LogP contribution >= 0.6 is 0 Å². The Bertz CT molecular complexity index is 525. The van der Waals surface area contributed by atoms with Gasteiger partial charge in [0.2, 0.25) is 0 Å². The molecule has 0 aliphatic carbocycles. The monoisotopic (exact) mass is 267 g/mol. The van der Waals surface area contributed by atoms with Crippen molar-refractivity contribution in [2.24, 2.45) is 5.73 Å². The molecule has 0 saturated carbocycles. The SMILES string of the molecule is CC(=O)Oc1ccc(C[C@H](N)C(=O)O)cc1C(=O)O. The number of carbonyl (C=O) groups is 3. The lowest BCUT2D eigenvalue weighted by Crippen LogP contribution is -2.32. The fourth-order valence-corrected chi connectivity index (χ4v) is 1.46. The van der Waals surface area contributed by atoms with Crippen LogP contribution < -0.4 is 10.5 Å². The quantitative estimate of drug-likeness (QED) is 0.516. The molecule has 0 heterocycles. The molecular weight excluding hydrogens is 254 g/mol. The molecule has 0 radical (unpaired) electrons. The van der Waals surface area contributed by atoms with Crippen LogP contribution in [0.4, 0.5) is 0 Å². The zero-order valence-corrected chi connectivity index (χ0v) is 10.1. The molecule has 0 aliphatic heterocycles. The first-order chi connectivity index (χ1) is 8.81. The van der Waals surface area contributed by atoms with Gasteiger partial charge in [-0.1, -0.05) is 6.07 Å². The minimum atomic E-state index is -1.28. The molecule has 0 saturated heterocycles. The largest absolute Gasteiger partial charge is 0.480 e. The zero-order valence-electron chi connectivity index (χ0n) is 10.1. The van der Waals surface area contributed by atoms with Crippen LogP contribution in [0.5, 0.6) is 5.75 Å². The molecule has 0 bridgehead atoms. The van der Waals surface area contributed by atoms with Crippen LogP contribution in [0, 0.1) is 0 Å². The number of hydrogen-bond acceptors (Lipinski definition) is 5. The summed E-state index contributed by atoms with van der Waals surface area (Å²) in [5.74, 6) is -3.19. The van der Waals surface area contributed by atoms with Crippen molar-refractivity contribution in [1.29, 1.82) is 0 Å². The lowest BCUT2D eigenvalue weighted by atomic mass is 10.0. The molecule has 1 atom stereocenters. The Morgan fingerprint density at radius 3 is 2.42 bits per heavy atom. The van der Waals surface area contributed by atoms with E-state index in [-0.39, 0.29) is 17.7 Å². The number of nitrogens with two attached hydrogens (primary N) is 1. The number of rotatable bonds is 5. The van der Waals surface area contributed by atoms with Gasteiger partial charge in [-0.3, -0.25) is 9.59 Å². The fraction of sp³-hybridized carbons (Fsp3) is 0.250. The highest BCUT2D eigenvalue weighted by Gasteiger charge is 2.17. The number of aromatic carboxylic acids is 1. The van der Waals surface area contributed by atoms with Crippen molar-refractivity contribution in [3.05, 3.63) is 29.3 Å². The first kappa shape index (κ1) is 14.7. The summed E-state index contributed by atoms with van der Waals surface area (Å²) in [5.41, 5.74) is 5.58. The summed E-state index contributed by atoms with van der Waals surface area (Å²) in [6, 6.07) is 2.88. The number of ether oxygens (including phenoxy) is 1. The summed E-state index contributed by atoms with van der Waals surface area (Å²) in [6.45, 7) is 1.15. The molecule has 0 aliphatic rings. The maximum absolute atomic E-state index is 11.0. The normalized spacial score (nSPS) is 11.7. The molecule has 102 valence electrons. The van der Waals surface area contributed by atoms with E-state index in [0.29, 0.717) is 5.56 Å². The van der Waals surface area contributed by atoms with Crippen molar-refractivity contribution in [2.75, 3.05) is 0 Å². The van der Waals surface area contributed by atoms with Gasteiger partial charge in [0, 0.05) is 6.92 Å². The molecule has 1 aromatic rings. The zero-order chi connectivity index (χ0) is 14.6. The number of hydrogen-bond donors (Lipinski definition) is 3. The summed E-state index contributed by atoms with van der Waals surface area (Å²) < 4.78 is 4.75. The van der Waals surface area contributed by atoms with Gasteiger partial charge in [0.1, 0.15) is 17.4 Å². The first-order valence-electron chi connectivity index (χ1n) is 5.34. The molecular formula is C12H13NO6. The molecule has 0 unspecified atom stereocenters. The molecule has 1 aromatic carbocycles. The number of esters is 1. The average molecular weight is 267 g/mol. The number of benzene rings is 1. The van der Waals surface area contributed by atoms with Crippen LogP contribution in [0.3, 0.4) is 0 Å². The van der Waals surface area contributed by atoms with E-state index >= 15 is 0 Å². The molecule has 4 N–H and O–H groups in total. The van der Waals surface area contributed by atoms with Crippen molar-refractivity contribution in [2.45, 2.75) is 19.4 Å². The Kier molecular flexibility index (Phi) is 4.60. The third-order valence-corrected chi connectivity index (χ3v) is 2.30. The number of carboxylic acids is 2. The third-order valence-electron chi connectivity index (χ3n) is 2.30. The Morgan fingerprint density at radius 1 is 1.32 bits per heavy atom. The highest BCUT2D eigenvalue weighted by atomic mass is 16.5. The molecule has 0 spiro atoms. The van der Waals surface area contributed by atoms with E-state index in [1.54, 1.807) is 0 Å². The highest BCUT2D eigenvalue weighted by molar-refractivity contribution is 5.92. The summed E-state index contributed by atoms with van der Waals surface area (Å²) >= 11 is 0. The van der Waals surface area contributed by atoms with Crippen LogP contribution in [0.15, 0.2) is 18.2 Å². The minimum Gasteiger partial charge on any atom is -0.480 e. The third kappa shape index (κ3) is 4.07. The molecule has 7 nitrogen and oxygen atoms in total.